The van der Waals surface area contributed by atoms with Crippen molar-refractivity contribution in [2.45, 2.75) is 0 Å². The fourth-order valence-electron chi connectivity index (χ4n) is 1.72. The molecule has 0 aromatic carbocycles. The molecule has 1 aliphatic rings. The van der Waals surface area contributed by atoms with Crippen LogP contribution in [-0.4, -0.2) is 85.0 Å². The number of amides is 1. The highest BCUT2D eigenvalue weighted by Crippen LogP contribution is 2.02. The minimum atomic E-state index is -0.812. The van der Waals surface area contributed by atoms with Crippen LogP contribution in [0, 0.1) is 0 Å². The van der Waals surface area contributed by atoms with Crippen LogP contribution in [0.4, 0.5) is 0 Å². The largest absolute Gasteiger partial charge is 0.480 e. The van der Waals surface area contributed by atoms with Gasteiger partial charge >= 0.3 is 5.97 Å². The Kier molecular flexibility index (Phi) is 4.70. The Morgan fingerprint density at radius 1 is 1.19 bits per heavy atom. The zero-order valence-corrected chi connectivity index (χ0v) is 9.85. The maximum atomic E-state index is 11.7. The molecule has 0 aliphatic carbocycles. The van der Waals surface area contributed by atoms with Gasteiger partial charge < -0.3 is 14.9 Å². The Bertz CT molecular complexity index is 260. The van der Waals surface area contributed by atoms with Crippen molar-refractivity contribution in [3.63, 3.8) is 0 Å². The van der Waals surface area contributed by atoms with Crippen molar-refractivity contribution in [1.29, 1.82) is 0 Å². The number of hydrogen-bond acceptors (Lipinski definition) is 4. The van der Waals surface area contributed by atoms with Crippen molar-refractivity contribution in [1.82, 2.24) is 14.7 Å². The number of aliphatic carboxylic acids is 1. The molecule has 1 saturated heterocycles. The van der Waals surface area contributed by atoms with Gasteiger partial charge in [-0.1, -0.05) is 0 Å². The average molecular weight is 229 g/mol. The topological polar surface area (TPSA) is 64.1 Å². The molecule has 0 atom stereocenters. The van der Waals surface area contributed by atoms with Gasteiger partial charge in [-0.25, -0.2) is 0 Å². The van der Waals surface area contributed by atoms with Gasteiger partial charge in [-0.15, -0.1) is 0 Å². The maximum absolute atomic E-state index is 11.7. The van der Waals surface area contributed by atoms with Crippen molar-refractivity contribution in [3.05, 3.63) is 0 Å². The van der Waals surface area contributed by atoms with Crippen LogP contribution in [0.1, 0.15) is 0 Å². The molecule has 0 spiro atoms. The van der Waals surface area contributed by atoms with Crippen LogP contribution in [-0.2, 0) is 9.59 Å². The molecule has 92 valence electrons. The maximum Gasteiger partial charge on any atom is 0.317 e. The van der Waals surface area contributed by atoms with Gasteiger partial charge in [0, 0.05) is 26.2 Å². The lowest BCUT2D eigenvalue weighted by atomic mass is 10.3. The number of nitrogens with zero attached hydrogens (tertiary/aromatic N) is 3. The molecule has 16 heavy (non-hydrogen) atoms. The number of carbonyl (C=O) groups excluding carboxylic acids is 1. The van der Waals surface area contributed by atoms with Gasteiger partial charge in [-0.05, 0) is 14.1 Å². The van der Waals surface area contributed by atoms with Crippen molar-refractivity contribution in [2.75, 3.05) is 53.4 Å². The quantitative estimate of drug-likeness (QED) is 0.654. The van der Waals surface area contributed by atoms with E-state index < -0.39 is 5.97 Å². The van der Waals surface area contributed by atoms with Gasteiger partial charge in [0.1, 0.15) is 0 Å². The summed E-state index contributed by atoms with van der Waals surface area (Å²) < 4.78 is 0. The fraction of sp³-hybridized carbons (Fsp3) is 0.800. The van der Waals surface area contributed by atoms with E-state index in [1.54, 1.807) is 4.90 Å². The first-order valence-electron chi connectivity index (χ1n) is 5.35. The van der Waals surface area contributed by atoms with Crippen LogP contribution in [0.25, 0.3) is 0 Å². The second-order valence-electron chi connectivity index (χ2n) is 4.29. The predicted octanol–water partition coefficient (Wildman–Crippen LogP) is -1.22. The number of carboxylic acid groups (broad SMARTS) is 1. The summed E-state index contributed by atoms with van der Waals surface area (Å²) >= 11 is 0. The average Bonchev–Trinajstić information content (AvgIpc) is 2.16. The lowest BCUT2D eigenvalue weighted by molar-refractivity contribution is -0.139. The summed E-state index contributed by atoms with van der Waals surface area (Å²) in [5.74, 6) is -0.701. The van der Waals surface area contributed by atoms with E-state index in [0.29, 0.717) is 32.7 Å². The molecule has 1 N–H and O–H groups in total. The summed E-state index contributed by atoms with van der Waals surface area (Å²) in [4.78, 5) is 27.7. The van der Waals surface area contributed by atoms with Crippen molar-refractivity contribution >= 4 is 11.9 Å². The number of hydrogen-bond donors (Lipinski definition) is 1. The van der Waals surface area contributed by atoms with Crippen LogP contribution < -0.4 is 0 Å². The van der Waals surface area contributed by atoms with Crippen molar-refractivity contribution < 1.29 is 14.7 Å². The third-order valence-electron chi connectivity index (χ3n) is 2.54. The smallest absolute Gasteiger partial charge is 0.317 e. The van der Waals surface area contributed by atoms with Gasteiger partial charge in [-0.3, -0.25) is 14.5 Å². The van der Waals surface area contributed by atoms with E-state index in [-0.39, 0.29) is 12.5 Å². The van der Waals surface area contributed by atoms with Crippen LogP contribution in [0.5, 0.6) is 0 Å². The van der Waals surface area contributed by atoms with Crippen LogP contribution >= 0.6 is 0 Å². The highest BCUT2D eigenvalue weighted by atomic mass is 16.4. The lowest BCUT2D eigenvalue weighted by Gasteiger charge is -2.34. The fourth-order valence-corrected chi connectivity index (χ4v) is 1.72. The third kappa shape index (κ3) is 4.16. The van der Waals surface area contributed by atoms with Crippen LogP contribution in [0.2, 0.25) is 0 Å². The molecule has 0 bridgehead atoms. The molecule has 6 nitrogen and oxygen atoms in total. The summed E-state index contributed by atoms with van der Waals surface area (Å²) in [6.45, 7) is 3.02. The molecule has 1 aliphatic heterocycles. The van der Waals surface area contributed by atoms with Crippen LogP contribution in [0.3, 0.4) is 0 Å². The highest BCUT2D eigenvalue weighted by molar-refractivity contribution is 5.78. The first-order valence-corrected chi connectivity index (χ1v) is 5.35. The molecule has 1 rings (SSSR count). The Labute approximate surface area is 95.4 Å². The molecule has 1 fully saturated rings. The summed E-state index contributed by atoms with van der Waals surface area (Å²) in [7, 11) is 3.72. The second kappa shape index (κ2) is 5.81. The first-order chi connectivity index (χ1) is 7.49. The third-order valence-corrected chi connectivity index (χ3v) is 2.54. The standard InChI is InChI=1S/C10H19N3O3/c1-11(2)7-9(14)13-5-3-12(4-6-13)8-10(15)16/h3-8H2,1-2H3,(H,15,16). The van der Waals surface area contributed by atoms with Gasteiger partial charge in [0.05, 0.1) is 13.1 Å². The number of rotatable bonds is 4. The summed E-state index contributed by atoms with van der Waals surface area (Å²) in [5, 5.41) is 8.63. The second-order valence-corrected chi connectivity index (χ2v) is 4.29. The van der Waals surface area contributed by atoms with Gasteiger partial charge in [0.25, 0.3) is 0 Å². The molecule has 1 amide bonds. The number of likely N-dealkylation sites (N-methyl/N-ethyl adjacent to an activating group) is 1. The van der Waals surface area contributed by atoms with E-state index in [1.807, 2.05) is 23.9 Å². The molecular formula is C10H19N3O3. The molecule has 0 aromatic heterocycles. The van der Waals surface area contributed by atoms with Gasteiger partial charge in [0.15, 0.2) is 0 Å². The molecular weight excluding hydrogens is 210 g/mol. The monoisotopic (exact) mass is 229 g/mol. The van der Waals surface area contributed by atoms with E-state index in [9.17, 15) is 9.59 Å². The summed E-state index contributed by atoms with van der Waals surface area (Å²) in [6, 6.07) is 0. The number of piperazine rings is 1. The van der Waals surface area contributed by atoms with E-state index in [1.165, 1.54) is 0 Å². The minimum absolute atomic E-state index is 0.0652. The predicted molar refractivity (Wildman–Crippen MR) is 59.2 cm³/mol. The van der Waals surface area contributed by atoms with E-state index in [0.717, 1.165) is 0 Å². The van der Waals surface area contributed by atoms with E-state index in [2.05, 4.69) is 0 Å². The Morgan fingerprint density at radius 2 is 1.75 bits per heavy atom. The van der Waals surface area contributed by atoms with E-state index in [4.69, 9.17) is 5.11 Å². The Balaban J connectivity index is 2.31. The number of carboxylic acids is 1. The lowest BCUT2D eigenvalue weighted by Crippen LogP contribution is -2.51. The molecule has 6 heteroatoms. The van der Waals surface area contributed by atoms with Crippen molar-refractivity contribution in [3.8, 4) is 0 Å². The molecule has 0 aromatic rings. The SMILES string of the molecule is CN(C)CC(=O)N1CCN(CC(=O)O)CC1. The zero-order chi connectivity index (χ0) is 12.1. The highest BCUT2D eigenvalue weighted by Gasteiger charge is 2.22. The normalized spacial score (nSPS) is 17.8. The van der Waals surface area contributed by atoms with Crippen molar-refractivity contribution in [2.24, 2.45) is 0 Å². The summed E-state index contributed by atoms with van der Waals surface area (Å²) in [5.41, 5.74) is 0. The number of carbonyl (C=O) groups is 2. The van der Waals surface area contributed by atoms with Gasteiger partial charge in [0.2, 0.25) is 5.91 Å². The van der Waals surface area contributed by atoms with E-state index >= 15 is 0 Å². The summed E-state index contributed by atoms with van der Waals surface area (Å²) in [6.07, 6.45) is 0. The Hall–Kier alpha value is -1.14. The molecule has 0 radical (unpaired) electrons. The minimum Gasteiger partial charge on any atom is -0.480 e. The molecule has 1 heterocycles. The van der Waals surface area contributed by atoms with Crippen LogP contribution in [0.15, 0.2) is 0 Å². The molecule has 0 saturated carbocycles. The molecule has 0 unspecified atom stereocenters. The zero-order valence-electron chi connectivity index (χ0n) is 9.85. The van der Waals surface area contributed by atoms with Gasteiger partial charge in [-0.2, -0.15) is 0 Å². The Morgan fingerprint density at radius 3 is 2.19 bits per heavy atom. The first kappa shape index (κ1) is 12.9.